The standard InChI is InChI=1S/C11H19NO5/c1-10(2,3)17-9(16)12-6-4-5-11(12,7-13)8(14)15/h13H,4-7H2,1-3H3,(H,14,15)/p-1/t11-/m1/s1. The highest BCUT2D eigenvalue weighted by molar-refractivity contribution is 5.84. The molecule has 1 fully saturated rings. The summed E-state index contributed by atoms with van der Waals surface area (Å²) in [5.74, 6) is -1.44. The Balaban J connectivity index is 2.89. The summed E-state index contributed by atoms with van der Waals surface area (Å²) in [6.07, 6.45) is -0.0352. The van der Waals surface area contributed by atoms with Gasteiger partial charge < -0.3 is 19.7 Å². The summed E-state index contributed by atoms with van der Waals surface area (Å²) in [6, 6.07) is 0. The van der Waals surface area contributed by atoms with Crippen LogP contribution in [0.15, 0.2) is 0 Å². The van der Waals surface area contributed by atoms with Crippen molar-refractivity contribution >= 4 is 12.1 Å². The van der Waals surface area contributed by atoms with E-state index in [1.165, 1.54) is 0 Å². The van der Waals surface area contributed by atoms with Crippen LogP contribution in [0.2, 0.25) is 0 Å². The maximum absolute atomic E-state index is 11.8. The number of carboxylic acids is 1. The van der Waals surface area contributed by atoms with Gasteiger partial charge in [0, 0.05) is 6.54 Å². The molecule has 1 aliphatic heterocycles. The van der Waals surface area contributed by atoms with E-state index in [1.54, 1.807) is 20.8 Å². The average molecular weight is 244 g/mol. The van der Waals surface area contributed by atoms with Gasteiger partial charge >= 0.3 is 6.09 Å². The van der Waals surface area contributed by atoms with E-state index in [0.717, 1.165) is 4.90 Å². The minimum atomic E-state index is -1.64. The third-order valence-electron chi connectivity index (χ3n) is 2.74. The molecule has 6 nitrogen and oxygen atoms in total. The van der Waals surface area contributed by atoms with E-state index in [4.69, 9.17) is 4.74 Å². The van der Waals surface area contributed by atoms with Crippen LogP contribution in [0.3, 0.4) is 0 Å². The van der Waals surface area contributed by atoms with Crippen molar-refractivity contribution < 1.29 is 24.5 Å². The van der Waals surface area contributed by atoms with Gasteiger partial charge in [-0.15, -0.1) is 0 Å². The number of rotatable bonds is 2. The van der Waals surface area contributed by atoms with Crippen molar-refractivity contribution in [2.45, 2.75) is 44.8 Å². The fraction of sp³-hybridized carbons (Fsp3) is 0.818. The van der Waals surface area contributed by atoms with Gasteiger partial charge in [0.25, 0.3) is 0 Å². The molecule has 0 radical (unpaired) electrons. The third-order valence-corrected chi connectivity index (χ3v) is 2.74. The van der Waals surface area contributed by atoms with Crippen LogP contribution in [0, 0.1) is 0 Å². The molecule has 6 heteroatoms. The van der Waals surface area contributed by atoms with Crippen LogP contribution in [0.1, 0.15) is 33.6 Å². The summed E-state index contributed by atoms with van der Waals surface area (Å²) in [7, 11) is 0. The van der Waals surface area contributed by atoms with E-state index in [0.29, 0.717) is 6.42 Å². The van der Waals surface area contributed by atoms with Gasteiger partial charge in [0.2, 0.25) is 0 Å². The Labute approximate surface area is 100 Å². The molecule has 0 bridgehead atoms. The second-order valence-electron chi connectivity index (χ2n) is 5.21. The third kappa shape index (κ3) is 2.69. The van der Waals surface area contributed by atoms with Crippen LogP contribution in [0.25, 0.3) is 0 Å². The number of carbonyl (C=O) groups is 2. The molecule has 0 spiro atoms. The van der Waals surface area contributed by atoms with E-state index in [-0.39, 0.29) is 13.0 Å². The molecule has 0 saturated carbocycles. The fourth-order valence-electron chi connectivity index (χ4n) is 1.90. The monoisotopic (exact) mass is 244 g/mol. The highest BCUT2D eigenvalue weighted by atomic mass is 16.6. The number of hydrogen-bond acceptors (Lipinski definition) is 5. The highest BCUT2D eigenvalue weighted by Gasteiger charge is 2.46. The molecule has 0 aromatic carbocycles. The van der Waals surface area contributed by atoms with Gasteiger partial charge in [0.1, 0.15) is 11.1 Å². The van der Waals surface area contributed by atoms with Gasteiger partial charge in [0.15, 0.2) is 0 Å². The summed E-state index contributed by atoms with van der Waals surface area (Å²) in [5.41, 5.74) is -2.34. The number of hydrogen-bond donors (Lipinski definition) is 1. The van der Waals surface area contributed by atoms with Crippen molar-refractivity contribution in [3.8, 4) is 0 Å². The Hall–Kier alpha value is -1.30. The van der Waals surface area contributed by atoms with Gasteiger partial charge in [-0.05, 0) is 33.6 Å². The normalized spacial score (nSPS) is 24.8. The molecule has 1 rings (SSSR count). The molecule has 1 amide bonds. The van der Waals surface area contributed by atoms with Gasteiger partial charge in [-0.2, -0.15) is 0 Å². The number of aliphatic hydroxyl groups is 1. The lowest BCUT2D eigenvalue weighted by atomic mass is 9.98. The molecule has 1 aliphatic rings. The summed E-state index contributed by atoms with van der Waals surface area (Å²) >= 11 is 0. The number of nitrogens with zero attached hydrogens (tertiary/aromatic N) is 1. The van der Waals surface area contributed by atoms with E-state index >= 15 is 0 Å². The van der Waals surface area contributed by atoms with E-state index in [2.05, 4.69) is 0 Å². The summed E-state index contributed by atoms with van der Waals surface area (Å²) in [4.78, 5) is 24.0. The minimum absolute atomic E-state index is 0.186. The number of carbonyl (C=O) groups excluding carboxylic acids is 2. The van der Waals surface area contributed by atoms with Crippen LogP contribution in [-0.2, 0) is 9.53 Å². The van der Waals surface area contributed by atoms with Crippen LogP contribution in [0.4, 0.5) is 4.79 Å². The van der Waals surface area contributed by atoms with Crippen LogP contribution in [-0.4, -0.2) is 46.4 Å². The smallest absolute Gasteiger partial charge is 0.411 e. The molecule has 1 N–H and O–H groups in total. The number of carboxylic acid groups (broad SMARTS) is 1. The van der Waals surface area contributed by atoms with Crippen LogP contribution in [0.5, 0.6) is 0 Å². The fourth-order valence-corrected chi connectivity index (χ4v) is 1.90. The first kappa shape index (κ1) is 13.8. The molecular weight excluding hydrogens is 226 g/mol. The van der Waals surface area contributed by atoms with Gasteiger partial charge in [0.05, 0.1) is 12.6 Å². The van der Waals surface area contributed by atoms with Crippen molar-refractivity contribution in [2.75, 3.05) is 13.2 Å². The van der Waals surface area contributed by atoms with Crippen molar-refractivity contribution in [1.82, 2.24) is 4.90 Å². The second kappa shape index (κ2) is 4.52. The lowest BCUT2D eigenvalue weighted by Crippen LogP contribution is -2.61. The summed E-state index contributed by atoms with van der Waals surface area (Å²) in [6.45, 7) is 4.68. The Morgan fingerprint density at radius 2 is 2.06 bits per heavy atom. The highest BCUT2D eigenvalue weighted by Crippen LogP contribution is 2.30. The largest absolute Gasteiger partial charge is 0.547 e. The van der Waals surface area contributed by atoms with Crippen LogP contribution < -0.4 is 5.11 Å². The van der Waals surface area contributed by atoms with E-state index in [1.807, 2.05) is 0 Å². The van der Waals surface area contributed by atoms with Crippen LogP contribution >= 0.6 is 0 Å². The van der Waals surface area contributed by atoms with Crippen molar-refractivity contribution in [1.29, 1.82) is 0 Å². The van der Waals surface area contributed by atoms with Gasteiger partial charge in [-0.3, -0.25) is 4.90 Å². The summed E-state index contributed by atoms with van der Waals surface area (Å²) in [5, 5.41) is 20.3. The molecule has 98 valence electrons. The topological polar surface area (TPSA) is 89.9 Å². The molecule has 0 aromatic rings. The van der Waals surface area contributed by atoms with Crippen molar-refractivity contribution in [3.63, 3.8) is 0 Å². The zero-order valence-corrected chi connectivity index (χ0v) is 10.4. The zero-order valence-electron chi connectivity index (χ0n) is 10.4. The Bertz CT molecular complexity index is 322. The molecule has 0 unspecified atom stereocenters. The lowest BCUT2D eigenvalue weighted by Gasteiger charge is -2.38. The minimum Gasteiger partial charge on any atom is -0.547 e. The molecular formula is C11H18NO5-. The van der Waals surface area contributed by atoms with E-state index < -0.39 is 29.8 Å². The number of likely N-dealkylation sites (tertiary alicyclic amines) is 1. The molecule has 1 atom stereocenters. The van der Waals surface area contributed by atoms with E-state index in [9.17, 15) is 19.8 Å². The van der Waals surface area contributed by atoms with Gasteiger partial charge in [-0.25, -0.2) is 4.79 Å². The first-order valence-corrected chi connectivity index (χ1v) is 5.56. The SMILES string of the molecule is CC(C)(C)OC(=O)N1CCC[C@@]1(CO)C(=O)[O-]. The first-order valence-electron chi connectivity index (χ1n) is 5.56. The number of aliphatic carboxylic acids is 1. The molecule has 17 heavy (non-hydrogen) atoms. The summed E-state index contributed by atoms with van der Waals surface area (Å²) < 4.78 is 5.11. The maximum Gasteiger partial charge on any atom is 0.411 e. The second-order valence-corrected chi connectivity index (χ2v) is 5.21. The molecule has 0 aromatic heterocycles. The first-order chi connectivity index (χ1) is 7.73. The molecule has 1 heterocycles. The number of ether oxygens (including phenoxy) is 1. The lowest BCUT2D eigenvalue weighted by molar-refractivity contribution is -0.318. The number of amides is 1. The Morgan fingerprint density at radius 3 is 2.47 bits per heavy atom. The maximum atomic E-state index is 11.8. The van der Waals surface area contributed by atoms with Gasteiger partial charge in [-0.1, -0.05) is 0 Å². The zero-order chi connectivity index (χ0) is 13.3. The predicted octanol–water partition coefficient (Wildman–Crippen LogP) is -0.502. The molecule has 0 aliphatic carbocycles. The Kier molecular flexibility index (Phi) is 3.66. The average Bonchev–Trinajstić information content (AvgIpc) is 2.59. The Morgan fingerprint density at radius 1 is 1.47 bits per heavy atom. The predicted molar refractivity (Wildman–Crippen MR) is 57.0 cm³/mol. The molecule has 1 saturated heterocycles. The number of aliphatic hydroxyl groups excluding tert-OH is 1. The quantitative estimate of drug-likeness (QED) is 0.707. The van der Waals surface area contributed by atoms with Crippen molar-refractivity contribution in [3.05, 3.63) is 0 Å². The van der Waals surface area contributed by atoms with Crippen molar-refractivity contribution in [2.24, 2.45) is 0 Å².